The summed E-state index contributed by atoms with van der Waals surface area (Å²) < 4.78 is 7.61. The second-order valence-electron chi connectivity index (χ2n) is 5.07. The summed E-state index contributed by atoms with van der Waals surface area (Å²) in [5.74, 6) is 1.62. The Balaban J connectivity index is 2.70. The van der Waals surface area contributed by atoms with Crippen molar-refractivity contribution in [3.05, 3.63) is 26.6 Å². The summed E-state index contributed by atoms with van der Waals surface area (Å²) in [6.45, 7) is 10.3. The molecule has 1 rings (SSSR count). The zero-order valence-corrected chi connectivity index (χ0v) is 16.0. The fraction of sp³-hybridized carbons (Fsp3) is 0.625. The maximum absolute atomic E-state index is 5.61. The van der Waals surface area contributed by atoms with Gasteiger partial charge < -0.3 is 10.1 Å². The van der Waals surface area contributed by atoms with E-state index in [1.54, 1.807) is 0 Å². The van der Waals surface area contributed by atoms with Crippen molar-refractivity contribution in [3.8, 4) is 5.75 Å². The lowest BCUT2D eigenvalue weighted by atomic mass is 9.95. The first-order chi connectivity index (χ1) is 9.53. The van der Waals surface area contributed by atoms with Gasteiger partial charge in [0, 0.05) is 12.6 Å². The lowest BCUT2D eigenvalue weighted by Crippen LogP contribution is -2.32. The normalized spacial score (nSPS) is 12.8. The molecule has 1 aromatic rings. The van der Waals surface area contributed by atoms with Gasteiger partial charge in [0.1, 0.15) is 5.75 Å². The molecule has 0 saturated carbocycles. The second kappa shape index (κ2) is 9.06. The van der Waals surface area contributed by atoms with Gasteiger partial charge in [0.05, 0.1) is 15.6 Å². The van der Waals surface area contributed by atoms with Crippen LogP contribution in [0.1, 0.15) is 46.1 Å². The van der Waals surface area contributed by atoms with Gasteiger partial charge in [0.15, 0.2) is 0 Å². The van der Waals surface area contributed by atoms with E-state index in [-0.39, 0.29) is 0 Å². The van der Waals surface area contributed by atoms with Crippen molar-refractivity contribution in [2.75, 3.05) is 6.61 Å². The first-order valence-corrected chi connectivity index (χ1v) is 8.96. The van der Waals surface area contributed by atoms with Crippen LogP contribution < -0.4 is 10.1 Å². The molecule has 0 aliphatic carbocycles. The van der Waals surface area contributed by atoms with Crippen LogP contribution in [0.15, 0.2) is 21.1 Å². The van der Waals surface area contributed by atoms with E-state index in [0.717, 1.165) is 27.2 Å². The van der Waals surface area contributed by atoms with Crippen molar-refractivity contribution in [1.29, 1.82) is 0 Å². The zero-order valence-electron chi connectivity index (χ0n) is 12.8. The number of halogens is 2. The monoisotopic (exact) mass is 405 g/mol. The highest BCUT2D eigenvalue weighted by Crippen LogP contribution is 2.34. The molecule has 4 heteroatoms. The van der Waals surface area contributed by atoms with E-state index < -0.39 is 0 Å². The van der Waals surface area contributed by atoms with Gasteiger partial charge in [0.25, 0.3) is 0 Å². The molecule has 0 aliphatic heterocycles. The number of rotatable bonds is 8. The zero-order chi connectivity index (χ0) is 15.1. The summed E-state index contributed by atoms with van der Waals surface area (Å²) >= 11 is 7.16. The molecule has 0 spiro atoms. The predicted molar refractivity (Wildman–Crippen MR) is 93.4 cm³/mol. The van der Waals surface area contributed by atoms with Gasteiger partial charge in [-0.1, -0.05) is 26.7 Å². The van der Waals surface area contributed by atoms with Crippen LogP contribution in [-0.2, 0) is 6.54 Å². The Morgan fingerprint density at radius 3 is 2.10 bits per heavy atom. The molecule has 0 heterocycles. The fourth-order valence-electron chi connectivity index (χ4n) is 2.44. The van der Waals surface area contributed by atoms with E-state index in [1.165, 1.54) is 18.4 Å². The molecule has 114 valence electrons. The Labute approximate surface area is 139 Å². The molecule has 0 amide bonds. The highest BCUT2D eigenvalue weighted by Gasteiger charge is 2.14. The summed E-state index contributed by atoms with van der Waals surface area (Å²) in [7, 11) is 0. The standard InChI is InChI=1S/C16H25Br2NO/c1-5-13(6-2)11(4)19-10-12-8-14(17)16(20-7-3)15(18)9-12/h8-9,11,13,19H,5-7,10H2,1-4H3. The SMILES string of the molecule is CCOc1c(Br)cc(CNC(C)C(CC)CC)cc1Br. The third-order valence-electron chi connectivity index (χ3n) is 3.73. The summed E-state index contributed by atoms with van der Waals surface area (Å²) in [6, 6.07) is 4.79. The minimum Gasteiger partial charge on any atom is -0.492 e. The van der Waals surface area contributed by atoms with Gasteiger partial charge in [-0.2, -0.15) is 0 Å². The Kier molecular flexibility index (Phi) is 8.15. The number of hydrogen-bond acceptors (Lipinski definition) is 2. The van der Waals surface area contributed by atoms with Crippen LogP contribution in [0.5, 0.6) is 5.75 Å². The molecule has 0 aromatic heterocycles. The van der Waals surface area contributed by atoms with Gasteiger partial charge in [-0.3, -0.25) is 0 Å². The lowest BCUT2D eigenvalue weighted by molar-refractivity contribution is 0.335. The Bertz CT molecular complexity index is 396. The molecule has 0 saturated heterocycles. The lowest BCUT2D eigenvalue weighted by Gasteiger charge is -2.23. The van der Waals surface area contributed by atoms with Crippen molar-refractivity contribution >= 4 is 31.9 Å². The molecule has 1 unspecified atom stereocenters. The quantitative estimate of drug-likeness (QED) is 0.613. The van der Waals surface area contributed by atoms with Crippen LogP contribution in [0.2, 0.25) is 0 Å². The van der Waals surface area contributed by atoms with Gasteiger partial charge in [-0.15, -0.1) is 0 Å². The summed E-state index contributed by atoms with van der Waals surface area (Å²) in [5.41, 5.74) is 1.25. The first kappa shape index (κ1) is 18.0. The van der Waals surface area contributed by atoms with Crippen molar-refractivity contribution < 1.29 is 4.74 Å². The third-order valence-corrected chi connectivity index (χ3v) is 4.91. The van der Waals surface area contributed by atoms with Gasteiger partial charge in [0.2, 0.25) is 0 Å². The summed E-state index contributed by atoms with van der Waals surface area (Å²) in [6.07, 6.45) is 2.45. The van der Waals surface area contributed by atoms with Crippen LogP contribution in [0.4, 0.5) is 0 Å². The topological polar surface area (TPSA) is 21.3 Å². The minimum atomic E-state index is 0.536. The molecule has 0 bridgehead atoms. The van der Waals surface area contributed by atoms with Crippen molar-refractivity contribution in [1.82, 2.24) is 5.32 Å². The molecule has 1 N–H and O–H groups in total. The van der Waals surface area contributed by atoms with Crippen LogP contribution in [0.25, 0.3) is 0 Å². The molecule has 2 nitrogen and oxygen atoms in total. The second-order valence-corrected chi connectivity index (χ2v) is 6.78. The van der Waals surface area contributed by atoms with E-state index in [9.17, 15) is 0 Å². The van der Waals surface area contributed by atoms with Crippen LogP contribution >= 0.6 is 31.9 Å². The predicted octanol–water partition coefficient (Wildman–Crippen LogP) is 5.52. The molecule has 0 fully saturated rings. The summed E-state index contributed by atoms with van der Waals surface area (Å²) in [5, 5.41) is 3.62. The largest absolute Gasteiger partial charge is 0.492 e. The average Bonchev–Trinajstić information content (AvgIpc) is 2.42. The molecular formula is C16H25Br2NO. The Morgan fingerprint density at radius 1 is 1.10 bits per heavy atom. The van der Waals surface area contributed by atoms with E-state index in [2.05, 4.69) is 70.1 Å². The molecule has 0 aliphatic rings. The fourth-order valence-corrected chi connectivity index (χ4v) is 3.95. The van der Waals surface area contributed by atoms with E-state index in [4.69, 9.17) is 4.74 Å². The van der Waals surface area contributed by atoms with Crippen LogP contribution in [0, 0.1) is 5.92 Å². The molecule has 0 radical (unpaired) electrons. The number of benzene rings is 1. The van der Waals surface area contributed by atoms with Crippen molar-refractivity contribution in [2.24, 2.45) is 5.92 Å². The maximum atomic E-state index is 5.61. The number of nitrogens with one attached hydrogen (secondary N) is 1. The highest BCUT2D eigenvalue weighted by molar-refractivity contribution is 9.11. The Morgan fingerprint density at radius 2 is 1.65 bits per heavy atom. The van der Waals surface area contributed by atoms with Gasteiger partial charge >= 0.3 is 0 Å². The number of hydrogen-bond donors (Lipinski definition) is 1. The first-order valence-electron chi connectivity index (χ1n) is 7.37. The van der Waals surface area contributed by atoms with Crippen molar-refractivity contribution in [2.45, 2.75) is 53.1 Å². The molecular weight excluding hydrogens is 382 g/mol. The Hall–Kier alpha value is -0.0600. The number of ether oxygens (including phenoxy) is 1. The average molecular weight is 407 g/mol. The molecule has 1 aromatic carbocycles. The van der Waals surface area contributed by atoms with Gasteiger partial charge in [-0.25, -0.2) is 0 Å². The van der Waals surface area contributed by atoms with Crippen LogP contribution in [0.3, 0.4) is 0 Å². The van der Waals surface area contributed by atoms with Crippen LogP contribution in [-0.4, -0.2) is 12.6 Å². The smallest absolute Gasteiger partial charge is 0.147 e. The molecule has 1 atom stereocenters. The third kappa shape index (κ3) is 5.05. The van der Waals surface area contributed by atoms with E-state index >= 15 is 0 Å². The minimum absolute atomic E-state index is 0.536. The highest BCUT2D eigenvalue weighted by atomic mass is 79.9. The molecule has 20 heavy (non-hydrogen) atoms. The van der Waals surface area contributed by atoms with E-state index in [1.807, 2.05) is 6.92 Å². The summed E-state index contributed by atoms with van der Waals surface area (Å²) in [4.78, 5) is 0. The van der Waals surface area contributed by atoms with Crippen molar-refractivity contribution in [3.63, 3.8) is 0 Å². The maximum Gasteiger partial charge on any atom is 0.147 e. The van der Waals surface area contributed by atoms with Gasteiger partial charge in [-0.05, 0) is 69.3 Å². The van der Waals surface area contributed by atoms with E-state index in [0.29, 0.717) is 12.6 Å².